The van der Waals surface area contributed by atoms with E-state index in [1.54, 1.807) is 0 Å². The summed E-state index contributed by atoms with van der Waals surface area (Å²) in [6.07, 6.45) is 0. The Hall–Kier alpha value is -8.37. The zero-order valence-electron chi connectivity index (χ0n) is 37.4. The van der Waals surface area contributed by atoms with Crippen LogP contribution in [0.25, 0.3) is 44.2 Å². The van der Waals surface area contributed by atoms with Gasteiger partial charge in [-0.3, -0.25) is 0 Å². The lowest BCUT2D eigenvalue weighted by Crippen LogP contribution is -2.32. The molecule has 322 valence electrons. The maximum atomic E-state index is 6.74. The molecule has 0 bridgehead atoms. The van der Waals surface area contributed by atoms with Crippen molar-refractivity contribution < 1.29 is 4.74 Å². The molecule has 11 aromatic rings. The first-order valence-electron chi connectivity index (χ1n) is 23.8. The first kappa shape index (κ1) is 38.7. The number of anilines is 3. The fraction of sp³-hybridized carbons (Fsp3) is 0.0303. The van der Waals surface area contributed by atoms with Gasteiger partial charge in [-0.15, -0.1) is 0 Å². The first-order valence-corrected chi connectivity index (χ1v) is 24.6. The third-order valence-electron chi connectivity index (χ3n) is 15.4. The second-order valence-corrected chi connectivity index (χ2v) is 19.7. The van der Waals surface area contributed by atoms with Crippen LogP contribution in [0.3, 0.4) is 0 Å². The Bertz CT molecular complexity index is 3840. The molecule has 0 saturated heterocycles. The summed E-state index contributed by atoms with van der Waals surface area (Å²) in [6, 6.07) is 92.4. The van der Waals surface area contributed by atoms with E-state index in [1.165, 1.54) is 87.3 Å². The number of hydrogen-bond donors (Lipinski definition) is 0. The van der Waals surface area contributed by atoms with Crippen molar-refractivity contribution in [3.63, 3.8) is 0 Å². The van der Waals surface area contributed by atoms with Gasteiger partial charge in [0.15, 0.2) is 0 Å². The van der Waals surface area contributed by atoms with Gasteiger partial charge >= 0.3 is 0 Å². The number of hydrogen-bond acceptors (Lipinski definition) is 3. The van der Waals surface area contributed by atoms with Crippen molar-refractivity contribution >= 4 is 39.6 Å². The van der Waals surface area contributed by atoms with Crippen LogP contribution in [0.15, 0.2) is 259 Å². The van der Waals surface area contributed by atoms with Gasteiger partial charge in [-0.2, -0.15) is 0 Å². The van der Waals surface area contributed by atoms with E-state index in [0.717, 1.165) is 39.7 Å². The SMILES string of the molecule is c1ccc(-c2ccc(N(c3ccc4c(c3)C3(c5ccccc5Oc5ccccc53)c3ccccc3-4)c3cccc4cc5c(cc34)-c3ccccc3C53c4ccccc4Sc4ccccc43)cc2)cc1. The van der Waals surface area contributed by atoms with Crippen molar-refractivity contribution in [2.75, 3.05) is 4.90 Å². The van der Waals surface area contributed by atoms with Crippen molar-refractivity contribution in [1.29, 1.82) is 0 Å². The lowest BCUT2D eigenvalue weighted by Gasteiger charge is -2.40. The largest absolute Gasteiger partial charge is 0.457 e. The molecule has 0 atom stereocenters. The maximum absolute atomic E-state index is 6.74. The molecule has 2 heterocycles. The lowest BCUT2D eigenvalue weighted by molar-refractivity contribution is 0.436. The van der Waals surface area contributed by atoms with E-state index in [1.807, 2.05) is 11.8 Å². The van der Waals surface area contributed by atoms with Gasteiger partial charge < -0.3 is 9.64 Å². The van der Waals surface area contributed by atoms with Gasteiger partial charge in [0.2, 0.25) is 0 Å². The molecule has 4 aliphatic rings. The zero-order chi connectivity index (χ0) is 45.3. The van der Waals surface area contributed by atoms with Crippen LogP contribution in [0.4, 0.5) is 17.1 Å². The molecule has 2 aliphatic carbocycles. The van der Waals surface area contributed by atoms with E-state index in [4.69, 9.17) is 4.74 Å². The Morgan fingerprint density at radius 2 is 0.812 bits per heavy atom. The summed E-state index contributed by atoms with van der Waals surface area (Å²) in [5, 5.41) is 2.40. The Balaban J connectivity index is 0.999. The third kappa shape index (κ3) is 5.23. The molecule has 2 aliphatic heterocycles. The zero-order valence-corrected chi connectivity index (χ0v) is 38.3. The molecular formula is C66H41NOS. The van der Waals surface area contributed by atoms with Crippen molar-refractivity contribution in [1.82, 2.24) is 0 Å². The standard InChI is InChI=1S/C66H41NOS/c1-2-17-42(18-3-1)43-33-35-45(36-34-43)67(46-37-38-49-47-20-4-6-22-52(47)65(59(49)40-46)54-24-8-12-29-61(54)68-62-30-13-9-25-55(62)65)60-28-16-19-44-39-58-51(41-50(44)60)48-21-5-7-23-53(48)66(58)56-26-10-14-31-63(56)69-64-32-15-11-27-57(64)66/h1-41H. The van der Waals surface area contributed by atoms with E-state index >= 15 is 0 Å². The first-order chi connectivity index (χ1) is 34.2. The molecule has 2 nitrogen and oxygen atoms in total. The van der Waals surface area contributed by atoms with Crippen LogP contribution in [0.2, 0.25) is 0 Å². The van der Waals surface area contributed by atoms with Crippen molar-refractivity contribution in [3.05, 3.63) is 293 Å². The number of para-hydroxylation sites is 2. The summed E-state index contributed by atoms with van der Waals surface area (Å²) in [5.74, 6) is 1.78. The van der Waals surface area contributed by atoms with Crippen LogP contribution < -0.4 is 9.64 Å². The number of nitrogens with zero attached hydrogens (tertiary/aromatic N) is 1. The Labute approximate surface area is 405 Å². The van der Waals surface area contributed by atoms with Gasteiger partial charge in [0.25, 0.3) is 0 Å². The molecule has 0 N–H and O–H groups in total. The maximum Gasteiger partial charge on any atom is 0.132 e. The minimum absolute atomic E-state index is 0.457. The van der Waals surface area contributed by atoms with Gasteiger partial charge in [0, 0.05) is 37.7 Å². The fourth-order valence-electron chi connectivity index (χ4n) is 12.6. The molecule has 69 heavy (non-hydrogen) atoms. The van der Waals surface area contributed by atoms with Crippen LogP contribution >= 0.6 is 11.8 Å². The van der Waals surface area contributed by atoms with Crippen molar-refractivity contribution in [2.45, 2.75) is 20.6 Å². The lowest BCUT2D eigenvalue weighted by atomic mass is 9.66. The molecule has 15 rings (SSSR count). The molecule has 0 fully saturated rings. The van der Waals surface area contributed by atoms with Gasteiger partial charge in [0.1, 0.15) is 11.5 Å². The number of fused-ring (bicyclic) bond motifs is 19. The highest BCUT2D eigenvalue weighted by atomic mass is 32.2. The van der Waals surface area contributed by atoms with E-state index in [0.29, 0.717) is 0 Å². The van der Waals surface area contributed by atoms with Crippen LogP contribution in [-0.2, 0) is 10.8 Å². The highest BCUT2D eigenvalue weighted by molar-refractivity contribution is 7.99. The minimum Gasteiger partial charge on any atom is -0.457 e. The Morgan fingerprint density at radius 1 is 0.319 bits per heavy atom. The normalized spacial score (nSPS) is 14.4. The van der Waals surface area contributed by atoms with E-state index in [2.05, 4.69) is 254 Å². The number of rotatable bonds is 4. The van der Waals surface area contributed by atoms with Gasteiger partial charge in [0.05, 0.1) is 16.5 Å². The van der Waals surface area contributed by atoms with E-state index < -0.39 is 10.8 Å². The smallest absolute Gasteiger partial charge is 0.132 e. The molecule has 2 spiro atoms. The summed E-state index contributed by atoms with van der Waals surface area (Å²) in [5.41, 5.74) is 19.9. The minimum atomic E-state index is -0.599. The average molecular weight is 896 g/mol. The summed E-state index contributed by atoms with van der Waals surface area (Å²) in [6.45, 7) is 0. The number of benzene rings is 11. The summed E-state index contributed by atoms with van der Waals surface area (Å²) in [7, 11) is 0. The topological polar surface area (TPSA) is 12.5 Å². The molecule has 3 heteroatoms. The number of ether oxygens (including phenoxy) is 1. The predicted molar refractivity (Wildman–Crippen MR) is 283 cm³/mol. The molecule has 0 radical (unpaired) electrons. The van der Waals surface area contributed by atoms with Gasteiger partial charge in [-0.1, -0.05) is 194 Å². The predicted octanol–water partition coefficient (Wildman–Crippen LogP) is 17.3. The van der Waals surface area contributed by atoms with Gasteiger partial charge in [-0.05, 0) is 139 Å². The van der Waals surface area contributed by atoms with Crippen LogP contribution in [0.5, 0.6) is 11.5 Å². The molecular weight excluding hydrogens is 855 g/mol. The molecule has 0 saturated carbocycles. The van der Waals surface area contributed by atoms with Crippen LogP contribution in [-0.4, -0.2) is 0 Å². The summed E-state index contributed by atoms with van der Waals surface area (Å²) < 4.78 is 6.74. The quantitative estimate of drug-likeness (QED) is 0.175. The third-order valence-corrected chi connectivity index (χ3v) is 16.5. The van der Waals surface area contributed by atoms with E-state index in [-0.39, 0.29) is 0 Å². The highest BCUT2D eigenvalue weighted by Gasteiger charge is 2.52. The van der Waals surface area contributed by atoms with Crippen molar-refractivity contribution in [2.24, 2.45) is 0 Å². The van der Waals surface area contributed by atoms with Crippen LogP contribution in [0, 0.1) is 0 Å². The van der Waals surface area contributed by atoms with Gasteiger partial charge in [-0.25, -0.2) is 0 Å². The highest BCUT2D eigenvalue weighted by Crippen LogP contribution is 2.65. The summed E-state index contributed by atoms with van der Waals surface area (Å²) in [4.78, 5) is 5.11. The second-order valence-electron chi connectivity index (χ2n) is 18.7. The fourth-order valence-corrected chi connectivity index (χ4v) is 13.8. The van der Waals surface area contributed by atoms with Crippen molar-refractivity contribution in [3.8, 4) is 44.9 Å². The Kier molecular flexibility index (Phi) is 8.17. The average Bonchev–Trinajstić information content (AvgIpc) is 3.86. The second kappa shape index (κ2) is 14.6. The summed E-state index contributed by atoms with van der Waals surface area (Å²) >= 11 is 1.89. The molecule has 11 aromatic carbocycles. The molecule has 0 unspecified atom stereocenters. The Morgan fingerprint density at radius 3 is 1.48 bits per heavy atom. The molecule has 0 amide bonds. The van der Waals surface area contributed by atoms with E-state index in [9.17, 15) is 0 Å². The van der Waals surface area contributed by atoms with Crippen LogP contribution in [0.1, 0.15) is 44.5 Å². The monoisotopic (exact) mass is 895 g/mol. The molecule has 0 aromatic heterocycles.